The maximum atomic E-state index is 10.9. The van der Waals surface area contributed by atoms with Crippen molar-refractivity contribution in [1.29, 1.82) is 0 Å². The number of rotatable bonds is 7. The number of carboxylic acids is 1. The molecule has 1 N–H and O–H groups in total. The number of carbonyl (C=O) groups is 2. The van der Waals surface area contributed by atoms with Gasteiger partial charge in [0, 0.05) is 12.2 Å². The summed E-state index contributed by atoms with van der Waals surface area (Å²) >= 11 is 1.48. The van der Waals surface area contributed by atoms with Crippen LogP contribution in [-0.2, 0) is 14.3 Å². The van der Waals surface area contributed by atoms with Crippen LogP contribution in [0.5, 0.6) is 0 Å². The largest absolute Gasteiger partial charge is 0.478 e. The third-order valence-corrected chi connectivity index (χ3v) is 2.69. The molecule has 1 atom stereocenters. The molecule has 0 aliphatic carbocycles. The number of hydrogen-bond acceptors (Lipinski definition) is 4. The summed E-state index contributed by atoms with van der Waals surface area (Å²) in [4.78, 5) is 21.5. The van der Waals surface area contributed by atoms with E-state index in [2.05, 4.69) is 0 Å². The van der Waals surface area contributed by atoms with E-state index in [0.29, 0.717) is 5.75 Å². The summed E-state index contributed by atoms with van der Waals surface area (Å²) in [6, 6.07) is 0. The van der Waals surface area contributed by atoms with Crippen LogP contribution in [0, 0.1) is 0 Å². The predicted octanol–water partition coefficient (Wildman–Crippen LogP) is 1.54. The smallest absolute Gasteiger partial charge is 0.345 e. The number of thioether (sulfide) groups is 1. The van der Waals surface area contributed by atoms with E-state index in [1.54, 1.807) is 6.92 Å². The molecule has 0 rings (SSSR count). The minimum absolute atomic E-state index is 0.211. The van der Waals surface area contributed by atoms with E-state index in [1.807, 2.05) is 6.92 Å². The highest BCUT2D eigenvalue weighted by molar-refractivity contribution is 7.99. The van der Waals surface area contributed by atoms with Gasteiger partial charge in [0.05, 0.1) is 0 Å². The molecule has 14 heavy (non-hydrogen) atoms. The zero-order chi connectivity index (χ0) is 11.0. The van der Waals surface area contributed by atoms with Crippen molar-refractivity contribution in [3.63, 3.8) is 0 Å². The molecule has 0 aliphatic heterocycles. The Morgan fingerprint density at radius 2 is 2.07 bits per heavy atom. The van der Waals surface area contributed by atoms with Crippen molar-refractivity contribution in [2.45, 2.75) is 32.8 Å². The van der Waals surface area contributed by atoms with Crippen molar-refractivity contribution in [1.82, 2.24) is 0 Å². The summed E-state index contributed by atoms with van der Waals surface area (Å²) in [5.41, 5.74) is 0. The van der Waals surface area contributed by atoms with E-state index in [9.17, 15) is 9.59 Å². The van der Waals surface area contributed by atoms with Crippen LogP contribution in [0.15, 0.2) is 0 Å². The van der Waals surface area contributed by atoms with Crippen LogP contribution in [0.4, 0.5) is 0 Å². The Balaban J connectivity index is 3.90. The Kier molecular flexibility index (Phi) is 7.28. The normalized spacial score (nSPS) is 12.1. The lowest BCUT2D eigenvalue weighted by Crippen LogP contribution is -2.29. The minimum atomic E-state index is -1.07. The Hall–Kier alpha value is -0.710. The Morgan fingerprint density at radius 1 is 1.43 bits per heavy atom. The van der Waals surface area contributed by atoms with Gasteiger partial charge in [-0.3, -0.25) is 4.79 Å². The van der Waals surface area contributed by atoms with Crippen LogP contribution in [0.2, 0.25) is 0 Å². The quantitative estimate of drug-likeness (QED) is 0.521. The molecular weight excluding hydrogens is 204 g/mol. The van der Waals surface area contributed by atoms with Crippen LogP contribution >= 0.6 is 11.8 Å². The molecule has 0 spiro atoms. The fourth-order valence-electron chi connectivity index (χ4n) is 0.732. The molecule has 0 aromatic heterocycles. The summed E-state index contributed by atoms with van der Waals surface area (Å²) in [7, 11) is 0. The third-order valence-electron chi connectivity index (χ3n) is 1.46. The summed E-state index contributed by atoms with van der Waals surface area (Å²) in [6.45, 7) is 3.65. The number of esters is 1. The van der Waals surface area contributed by atoms with Crippen molar-refractivity contribution < 1.29 is 19.4 Å². The molecule has 82 valence electrons. The maximum absolute atomic E-state index is 10.9. The van der Waals surface area contributed by atoms with E-state index in [0.717, 1.165) is 12.2 Å². The zero-order valence-corrected chi connectivity index (χ0v) is 9.30. The standard InChI is InChI=1S/C9H16O4S/c1-3-5-14-6-7(9(11)12)13-8(10)4-2/h7H,3-6H2,1-2H3,(H,11,12). The van der Waals surface area contributed by atoms with Crippen LogP contribution in [-0.4, -0.2) is 34.7 Å². The van der Waals surface area contributed by atoms with Crippen LogP contribution in [0.25, 0.3) is 0 Å². The highest BCUT2D eigenvalue weighted by Gasteiger charge is 2.20. The van der Waals surface area contributed by atoms with Crippen molar-refractivity contribution in [3.8, 4) is 0 Å². The molecule has 0 radical (unpaired) electrons. The van der Waals surface area contributed by atoms with Gasteiger partial charge in [0.2, 0.25) is 6.10 Å². The molecule has 0 heterocycles. The summed E-state index contributed by atoms with van der Waals surface area (Å²) in [5, 5.41) is 8.73. The van der Waals surface area contributed by atoms with Crippen molar-refractivity contribution in [2.75, 3.05) is 11.5 Å². The van der Waals surface area contributed by atoms with Crippen molar-refractivity contribution >= 4 is 23.7 Å². The fourth-order valence-corrected chi connectivity index (χ4v) is 1.61. The lowest BCUT2D eigenvalue weighted by atomic mass is 10.4. The van der Waals surface area contributed by atoms with Gasteiger partial charge in [-0.15, -0.1) is 0 Å². The van der Waals surface area contributed by atoms with Gasteiger partial charge in [-0.25, -0.2) is 4.79 Å². The first-order valence-electron chi connectivity index (χ1n) is 4.61. The average Bonchev–Trinajstić information content (AvgIpc) is 2.16. The topological polar surface area (TPSA) is 63.6 Å². The van der Waals surface area contributed by atoms with Gasteiger partial charge < -0.3 is 9.84 Å². The molecule has 0 amide bonds. The molecular formula is C9H16O4S. The summed E-state index contributed by atoms with van der Waals surface area (Å²) in [5.74, 6) is -0.326. The summed E-state index contributed by atoms with van der Waals surface area (Å²) < 4.78 is 4.75. The van der Waals surface area contributed by atoms with E-state index < -0.39 is 18.0 Å². The fraction of sp³-hybridized carbons (Fsp3) is 0.778. The number of carboxylic acid groups (broad SMARTS) is 1. The van der Waals surface area contributed by atoms with E-state index in [1.165, 1.54) is 11.8 Å². The Morgan fingerprint density at radius 3 is 2.50 bits per heavy atom. The van der Waals surface area contributed by atoms with Gasteiger partial charge in [0.15, 0.2) is 0 Å². The van der Waals surface area contributed by atoms with Gasteiger partial charge in [0.1, 0.15) is 0 Å². The number of aliphatic carboxylic acids is 1. The second kappa shape index (κ2) is 7.67. The molecule has 5 heteroatoms. The molecule has 0 bridgehead atoms. The van der Waals surface area contributed by atoms with Gasteiger partial charge in [-0.05, 0) is 12.2 Å². The molecule has 0 fully saturated rings. The summed E-state index contributed by atoms with van der Waals surface area (Å²) in [6.07, 6.45) is 0.194. The number of carbonyl (C=O) groups excluding carboxylic acids is 1. The highest BCUT2D eigenvalue weighted by Crippen LogP contribution is 2.08. The molecule has 0 saturated carbocycles. The molecule has 0 saturated heterocycles. The number of ether oxygens (including phenoxy) is 1. The van der Waals surface area contributed by atoms with Crippen LogP contribution < -0.4 is 0 Å². The molecule has 4 nitrogen and oxygen atoms in total. The van der Waals surface area contributed by atoms with Crippen molar-refractivity contribution in [3.05, 3.63) is 0 Å². The Labute approximate surface area is 88.0 Å². The number of hydrogen-bond donors (Lipinski definition) is 1. The van der Waals surface area contributed by atoms with Crippen LogP contribution in [0.3, 0.4) is 0 Å². The predicted molar refractivity (Wildman–Crippen MR) is 55.4 cm³/mol. The second-order valence-corrected chi connectivity index (χ2v) is 3.90. The minimum Gasteiger partial charge on any atom is -0.478 e. The second-order valence-electron chi connectivity index (χ2n) is 2.75. The molecule has 0 aromatic rings. The third kappa shape index (κ3) is 5.85. The highest BCUT2D eigenvalue weighted by atomic mass is 32.2. The first-order chi connectivity index (χ1) is 6.61. The molecule has 1 unspecified atom stereocenters. The van der Waals surface area contributed by atoms with E-state index in [-0.39, 0.29) is 6.42 Å². The van der Waals surface area contributed by atoms with Gasteiger partial charge in [-0.1, -0.05) is 13.8 Å². The molecule has 0 aromatic carbocycles. The monoisotopic (exact) mass is 220 g/mol. The Bertz CT molecular complexity index is 193. The van der Waals surface area contributed by atoms with Gasteiger partial charge in [0.25, 0.3) is 0 Å². The van der Waals surface area contributed by atoms with E-state index in [4.69, 9.17) is 9.84 Å². The van der Waals surface area contributed by atoms with Crippen LogP contribution in [0.1, 0.15) is 26.7 Å². The van der Waals surface area contributed by atoms with Crippen molar-refractivity contribution in [2.24, 2.45) is 0 Å². The average molecular weight is 220 g/mol. The van der Waals surface area contributed by atoms with E-state index >= 15 is 0 Å². The SMILES string of the molecule is CCCSCC(OC(=O)CC)C(=O)O. The lowest BCUT2D eigenvalue weighted by Gasteiger charge is -2.12. The first kappa shape index (κ1) is 13.3. The lowest BCUT2D eigenvalue weighted by molar-refractivity contribution is -0.162. The maximum Gasteiger partial charge on any atom is 0.345 e. The first-order valence-corrected chi connectivity index (χ1v) is 5.77. The zero-order valence-electron chi connectivity index (χ0n) is 8.49. The molecule has 0 aliphatic rings. The van der Waals surface area contributed by atoms with Gasteiger partial charge >= 0.3 is 11.9 Å². The van der Waals surface area contributed by atoms with Gasteiger partial charge in [-0.2, -0.15) is 11.8 Å².